The Morgan fingerprint density at radius 1 is 1.53 bits per heavy atom. The molecular weight excluding hydrogens is 308 g/mol. The van der Waals surface area contributed by atoms with Gasteiger partial charge in [-0.1, -0.05) is 33.6 Å². The van der Waals surface area contributed by atoms with E-state index in [9.17, 15) is 9.18 Å². The van der Waals surface area contributed by atoms with Gasteiger partial charge in [-0.2, -0.15) is 0 Å². The zero-order valence-electron chi connectivity index (χ0n) is 9.10. The topological polar surface area (TPSA) is 29.1 Å². The number of carbonyl (C=O) groups excluding carboxylic acids is 1. The van der Waals surface area contributed by atoms with Gasteiger partial charge in [-0.25, -0.2) is 4.39 Å². The number of amides is 1. The average Bonchev–Trinajstić information content (AvgIpc) is 3.07. The van der Waals surface area contributed by atoms with E-state index in [1.807, 2.05) is 0 Å². The Morgan fingerprint density at radius 3 is 2.76 bits per heavy atom. The number of benzene rings is 1. The molecule has 92 valence electrons. The number of rotatable bonds is 4. The van der Waals surface area contributed by atoms with Crippen molar-refractivity contribution in [2.75, 3.05) is 11.9 Å². The normalized spacial score (nSPS) is 16.6. The minimum atomic E-state index is -0.585. The number of carbonyl (C=O) groups is 1. The van der Waals surface area contributed by atoms with Gasteiger partial charge in [0, 0.05) is 11.9 Å². The lowest BCUT2D eigenvalue weighted by Gasteiger charge is -2.13. The molecule has 1 fully saturated rings. The Labute approximate surface area is 113 Å². The lowest BCUT2D eigenvalue weighted by Crippen LogP contribution is -2.31. The van der Waals surface area contributed by atoms with Crippen molar-refractivity contribution < 1.29 is 9.18 Å². The van der Waals surface area contributed by atoms with Crippen molar-refractivity contribution >= 4 is 33.4 Å². The van der Waals surface area contributed by atoms with Crippen LogP contribution in [0.3, 0.4) is 0 Å². The summed E-state index contributed by atoms with van der Waals surface area (Å²) in [6.07, 6.45) is 2.17. The van der Waals surface area contributed by atoms with Crippen LogP contribution >= 0.6 is 27.5 Å². The minimum absolute atomic E-state index is 0.0699. The maximum atomic E-state index is 13.5. The van der Waals surface area contributed by atoms with Gasteiger partial charge in [-0.05, 0) is 30.4 Å². The first-order chi connectivity index (χ1) is 8.08. The van der Waals surface area contributed by atoms with Crippen molar-refractivity contribution in [1.29, 1.82) is 0 Å². The third kappa shape index (κ3) is 2.80. The molecule has 1 aliphatic rings. The lowest BCUT2D eigenvalue weighted by atomic mass is 10.1. The summed E-state index contributed by atoms with van der Waals surface area (Å²) in [6.45, 7) is 0.557. The molecule has 2 nitrogen and oxygen atoms in total. The van der Waals surface area contributed by atoms with Gasteiger partial charge in [-0.15, -0.1) is 0 Å². The average molecular weight is 321 g/mol. The van der Waals surface area contributed by atoms with E-state index in [1.54, 1.807) is 0 Å². The molecule has 0 unspecified atom stereocenters. The van der Waals surface area contributed by atoms with E-state index < -0.39 is 11.7 Å². The second-order valence-electron chi connectivity index (χ2n) is 4.41. The van der Waals surface area contributed by atoms with E-state index in [0.29, 0.717) is 6.54 Å². The number of hydrogen-bond acceptors (Lipinski definition) is 1. The van der Waals surface area contributed by atoms with Crippen molar-refractivity contribution in [2.45, 2.75) is 12.8 Å². The molecule has 5 heteroatoms. The minimum Gasteiger partial charge on any atom is -0.351 e. The van der Waals surface area contributed by atoms with Crippen LogP contribution in [0.4, 0.5) is 4.39 Å². The second-order valence-corrected chi connectivity index (χ2v) is 5.38. The SMILES string of the molecule is O=C(NCC1(CBr)CC1)c1c(F)cccc1Cl. The van der Waals surface area contributed by atoms with Crippen LogP contribution in [0.1, 0.15) is 23.2 Å². The number of alkyl halides is 1. The first-order valence-corrected chi connectivity index (χ1v) is 6.86. The van der Waals surface area contributed by atoms with Crippen molar-refractivity contribution in [1.82, 2.24) is 5.32 Å². The standard InChI is InChI=1S/C12H12BrClFNO/c13-6-12(4-5-12)7-16-11(17)10-8(14)2-1-3-9(10)15/h1-3H,4-7H2,(H,16,17). The predicted molar refractivity (Wildman–Crippen MR) is 69.2 cm³/mol. The Bertz CT molecular complexity index is 428. The second kappa shape index (κ2) is 4.94. The zero-order valence-corrected chi connectivity index (χ0v) is 11.4. The summed E-state index contributed by atoms with van der Waals surface area (Å²) in [5.74, 6) is -1.03. The molecule has 1 aromatic carbocycles. The van der Waals surface area contributed by atoms with Crippen LogP contribution in [0.5, 0.6) is 0 Å². The molecule has 0 bridgehead atoms. The molecule has 0 radical (unpaired) electrons. The van der Waals surface area contributed by atoms with Crippen molar-refractivity contribution in [2.24, 2.45) is 5.41 Å². The Balaban J connectivity index is 2.05. The molecule has 0 atom stereocenters. The van der Waals surface area contributed by atoms with E-state index in [4.69, 9.17) is 11.6 Å². The molecule has 2 rings (SSSR count). The maximum Gasteiger partial charge on any atom is 0.255 e. The third-order valence-corrected chi connectivity index (χ3v) is 4.56. The van der Waals surface area contributed by atoms with Crippen LogP contribution in [-0.2, 0) is 0 Å². The molecule has 0 spiro atoms. The van der Waals surface area contributed by atoms with Gasteiger partial charge in [0.05, 0.1) is 10.6 Å². The van der Waals surface area contributed by atoms with Gasteiger partial charge >= 0.3 is 0 Å². The van der Waals surface area contributed by atoms with Gasteiger partial charge in [0.1, 0.15) is 5.82 Å². The number of hydrogen-bond donors (Lipinski definition) is 1. The molecule has 17 heavy (non-hydrogen) atoms. The third-order valence-electron chi connectivity index (χ3n) is 3.05. The van der Waals surface area contributed by atoms with Gasteiger partial charge in [0.2, 0.25) is 0 Å². The smallest absolute Gasteiger partial charge is 0.255 e. The summed E-state index contributed by atoms with van der Waals surface area (Å²) >= 11 is 9.23. The van der Waals surface area contributed by atoms with Gasteiger partial charge in [-0.3, -0.25) is 4.79 Å². The van der Waals surface area contributed by atoms with Crippen LogP contribution in [0.2, 0.25) is 5.02 Å². The van der Waals surface area contributed by atoms with Gasteiger partial charge < -0.3 is 5.32 Å². The molecule has 0 aromatic heterocycles. The first-order valence-electron chi connectivity index (χ1n) is 5.36. The van der Waals surface area contributed by atoms with Crippen LogP contribution in [-0.4, -0.2) is 17.8 Å². The molecule has 0 saturated heterocycles. The van der Waals surface area contributed by atoms with Crippen molar-refractivity contribution in [3.8, 4) is 0 Å². The Kier molecular flexibility index (Phi) is 3.73. The fraction of sp³-hybridized carbons (Fsp3) is 0.417. The van der Waals surface area contributed by atoms with Crippen LogP contribution in [0, 0.1) is 11.2 Å². The highest BCUT2D eigenvalue weighted by Gasteiger charge is 2.41. The maximum absolute atomic E-state index is 13.5. The molecule has 1 N–H and O–H groups in total. The zero-order chi connectivity index (χ0) is 12.5. The van der Waals surface area contributed by atoms with E-state index >= 15 is 0 Å². The van der Waals surface area contributed by atoms with Crippen molar-refractivity contribution in [3.63, 3.8) is 0 Å². The summed E-state index contributed by atoms with van der Waals surface area (Å²) in [5.41, 5.74) is 0.0902. The summed E-state index contributed by atoms with van der Waals surface area (Å²) in [5, 5.41) is 3.74. The van der Waals surface area contributed by atoms with E-state index in [-0.39, 0.29) is 16.0 Å². The van der Waals surface area contributed by atoms with Gasteiger partial charge in [0.15, 0.2) is 0 Å². The fourth-order valence-electron chi connectivity index (χ4n) is 1.61. The quantitative estimate of drug-likeness (QED) is 0.847. The van der Waals surface area contributed by atoms with Gasteiger partial charge in [0.25, 0.3) is 5.91 Å². The predicted octanol–water partition coefficient (Wildman–Crippen LogP) is 3.38. The van der Waals surface area contributed by atoms with Crippen molar-refractivity contribution in [3.05, 3.63) is 34.6 Å². The van der Waals surface area contributed by atoms with E-state index in [0.717, 1.165) is 18.2 Å². The highest BCUT2D eigenvalue weighted by atomic mass is 79.9. The fourth-order valence-corrected chi connectivity index (χ4v) is 2.61. The highest BCUT2D eigenvalue weighted by Crippen LogP contribution is 2.46. The lowest BCUT2D eigenvalue weighted by molar-refractivity contribution is 0.0942. The summed E-state index contributed by atoms with van der Waals surface area (Å²) in [4.78, 5) is 11.8. The molecule has 1 aliphatic carbocycles. The summed E-state index contributed by atoms with van der Waals surface area (Å²) in [7, 11) is 0. The molecule has 1 aromatic rings. The molecule has 1 saturated carbocycles. The van der Waals surface area contributed by atoms with Crippen LogP contribution < -0.4 is 5.32 Å². The van der Waals surface area contributed by atoms with E-state index in [2.05, 4.69) is 21.2 Å². The Morgan fingerprint density at radius 2 is 2.24 bits per heavy atom. The summed E-state index contributed by atoms with van der Waals surface area (Å²) in [6, 6.07) is 4.23. The Hall–Kier alpha value is -0.610. The highest BCUT2D eigenvalue weighted by molar-refractivity contribution is 9.09. The van der Waals surface area contributed by atoms with Crippen LogP contribution in [0.15, 0.2) is 18.2 Å². The monoisotopic (exact) mass is 319 g/mol. The molecule has 0 heterocycles. The molecule has 1 amide bonds. The first kappa shape index (κ1) is 12.8. The number of nitrogens with one attached hydrogen (secondary N) is 1. The summed E-state index contributed by atoms with van der Waals surface area (Å²) < 4.78 is 13.5. The van der Waals surface area contributed by atoms with Crippen LogP contribution in [0.25, 0.3) is 0 Å². The molecular formula is C12H12BrClFNO. The molecule has 0 aliphatic heterocycles. The number of halogens is 3. The largest absolute Gasteiger partial charge is 0.351 e. The van der Waals surface area contributed by atoms with E-state index in [1.165, 1.54) is 18.2 Å².